The van der Waals surface area contributed by atoms with Crippen LogP contribution in [0.3, 0.4) is 0 Å². The Bertz CT molecular complexity index is 1370. The highest BCUT2D eigenvalue weighted by molar-refractivity contribution is 9.10. The summed E-state index contributed by atoms with van der Waals surface area (Å²) in [4.78, 5) is 29.2. The maximum absolute atomic E-state index is 14.0. The number of hydrogen-bond acceptors (Lipinski definition) is 4. The van der Waals surface area contributed by atoms with E-state index >= 15 is 0 Å². The Kier molecular flexibility index (Phi) is 11.1. The SMILES string of the molecule is CC[C@@H](C)NC(=O)[C@@H](Cc1ccccc1)N(Cc1ccc(Br)cc1)C(=O)CN(c1cccc(Br)c1)S(C)(=O)=O. The fourth-order valence-corrected chi connectivity index (χ4v) is 5.52. The Labute approximate surface area is 247 Å². The van der Waals surface area contributed by atoms with Crippen LogP contribution in [0.15, 0.2) is 87.8 Å². The Morgan fingerprint density at radius 3 is 2.15 bits per heavy atom. The molecule has 2 atom stereocenters. The topological polar surface area (TPSA) is 86.8 Å². The Balaban J connectivity index is 2.05. The number of rotatable bonds is 12. The maximum Gasteiger partial charge on any atom is 0.244 e. The number of amides is 2. The van der Waals surface area contributed by atoms with Crippen LogP contribution in [0.2, 0.25) is 0 Å². The molecule has 0 aliphatic carbocycles. The maximum atomic E-state index is 14.0. The number of carbonyl (C=O) groups is 2. The van der Waals surface area contributed by atoms with E-state index < -0.39 is 28.5 Å². The number of carbonyl (C=O) groups excluding carboxylic acids is 2. The monoisotopic (exact) mass is 677 g/mol. The van der Waals surface area contributed by atoms with E-state index in [9.17, 15) is 18.0 Å². The molecule has 0 aliphatic rings. The Morgan fingerprint density at radius 1 is 0.897 bits per heavy atom. The quantitative estimate of drug-likeness (QED) is 0.273. The standard InChI is InChI=1S/C29H33Br2N3O4S/c1-4-21(2)32-29(36)27(17-22-9-6-5-7-10-22)33(19-23-13-15-24(30)16-14-23)28(35)20-34(39(3,37)38)26-12-8-11-25(31)18-26/h5-16,18,21,27H,4,17,19-20H2,1-3H3,(H,32,36)/t21-,27-/m1/s1. The third kappa shape index (κ3) is 9.19. The highest BCUT2D eigenvalue weighted by Crippen LogP contribution is 2.24. The summed E-state index contributed by atoms with van der Waals surface area (Å²) in [6.45, 7) is 3.57. The molecule has 0 fully saturated rings. The van der Waals surface area contributed by atoms with Gasteiger partial charge in [-0.25, -0.2) is 8.42 Å². The van der Waals surface area contributed by atoms with Crippen molar-refractivity contribution in [3.63, 3.8) is 0 Å². The van der Waals surface area contributed by atoms with Gasteiger partial charge in [0.15, 0.2) is 0 Å². The summed E-state index contributed by atoms with van der Waals surface area (Å²) in [5, 5.41) is 3.02. The van der Waals surface area contributed by atoms with Gasteiger partial charge in [-0.15, -0.1) is 0 Å². The second-order valence-electron chi connectivity index (χ2n) is 9.42. The van der Waals surface area contributed by atoms with Gasteiger partial charge in [0.05, 0.1) is 11.9 Å². The van der Waals surface area contributed by atoms with Crippen LogP contribution in [0, 0.1) is 0 Å². The number of hydrogen-bond donors (Lipinski definition) is 1. The molecule has 3 aromatic rings. The molecule has 3 aromatic carbocycles. The lowest BCUT2D eigenvalue weighted by molar-refractivity contribution is -0.140. The number of nitrogens with zero attached hydrogens (tertiary/aromatic N) is 2. The van der Waals surface area contributed by atoms with Crippen molar-refractivity contribution in [2.45, 2.75) is 45.3 Å². The molecule has 0 bridgehead atoms. The largest absolute Gasteiger partial charge is 0.352 e. The fourth-order valence-electron chi connectivity index (χ4n) is 4.03. The van der Waals surface area contributed by atoms with E-state index in [1.165, 1.54) is 4.90 Å². The second kappa shape index (κ2) is 14.1. The summed E-state index contributed by atoms with van der Waals surface area (Å²) in [6.07, 6.45) is 2.08. The molecule has 0 heterocycles. The van der Waals surface area contributed by atoms with Gasteiger partial charge in [-0.1, -0.05) is 87.3 Å². The summed E-state index contributed by atoms with van der Waals surface area (Å²) >= 11 is 6.81. The van der Waals surface area contributed by atoms with Gasteiger partial charge in [0, 0.05) is 28.0 Å². The molecule has 0 aliphatic heterocycles. The van der Waals surface area contributed by atoms with E-state index in [0.717, 1.165) is 32.6 Å². The molecule has 0 unspecified atom stereocenters. The van der Waals surface area contributed by atoms with Crippen molar-refractivity contribution in [2.24, 2.45) is 0 Å². The number of anilines is 1. The van der Waals surface area contributed by atoms with Crippen LogP contribution in [-0.4, -0.2) is 50.0 Å². The van der Waals surface area contributed by atoms with Crippen LogP contribution in [0.1, 0.15) is 31.4 Å². The third-order valence-electron chi connectivity index (χ3n) is 6.31. The highest BCUT2D eigenvalue weighted by Gasteiger charge is 2.33. The molecular formula is C29H33Br2N3O4S. The Morgan fingerprint density at radius 2 is 1.56 bits per heavy atom. The van der Waals surface area contributed by atoms with Crippen molar-refractivity contribution in [1.29, 1.82) is 0 Å². The first kappa shape index (κ1) is 30.8. The second-order valence-corrected chi connectivity index (χ2v) is 13.2. The lowest BCUT2D eigenvalue weighted by Crippen LogP contribution is -2.54. The molecule has 0 spiro atoms. The first-order chi connectivity index (χ1) is 18.5. The zero-order chi connectivity index (χ0) is 28.6. The van der Waals surface area contributed by atoms with Crippen molar-refractivity contribution in [3.05, 3.63) is 98.9 Å². The molecular weight excluding hydrogens is 646 g/mol. The predicted molar refractivity (Wildman–Crippen MR) is 163 cm³/mol. The summed E-state index contributed by atoms with van der Waals surface area (Å²) in [6, 6.07) is 22.8. The van der Waals surface area contributed by atoms with Crippen molar-refractivity contribution >= 4 is 59.4 Å². The van der Waals surface area contributed by atoms with Gasteiger partial charge in [0.1, 0.15) is 12.6 Å². The molecule has 0 saturated heterocycles. The molecule has 0 aromatic heterocycles. The van der Waals surface area contributed by atoms with E-state index in [1.54, 1.807) is 24.3 Å². The third-order valence-corrected chi connectivity index (χ3v) is 8.48. The van der Waals surface area contributed by atoms with Crippen LogP contribution in [0.25, 0.3) is 0 Å². The number of sulfonamides is 1. The zero-order valence-corrected chi connectivity index (χ0v) is 26.2. The smallest absolute Gasteiger partial charge is 0.244 e. The zero-order valence-electron chi connectivity index (χ0n) is 22.2. The molecule has 10 heteroatoms. The van der Waals surface area contributed by atoms with Crippen molar-refractivity contribution in [2.75, 3.05) is 17.1 Å². The Hall–Kier alpha value is -2.69. The number of nitrogens with one attached hydrogen (secondary N) is 1. The van der Waals surface area contributed by atoms with Gasteiger partial charge in [0.2, 0.25) is 21.8 Å². The minimum absolute atomic E-state index is 0.0883. The fraction of sp³-hybridized carbons (Fsp3) is 0.310. The van der Waals surface area contributed by atoms with Crippen LogP contribution < -0.4 is 9.62 Å². The molecule has 2 amide bonds. The number of halogens is 2. The van der Waals surface area contributed by atoms with Crippen LogP contribution in [0.4, 0.5) is 5.69 Å². The van der Waals surface area contributed by atoms with Gasteiger partial charge in [-0.3, -0.25) is 13.9 Å². The first-order valence-electron chi connectivity index (χ1n) is 12.6. The van der Waals surface area contributed by atoms with Crippen molar-refractivity contribution < 1.29 is 18.0 Å². The summed E-state index contributed by atoms with van der Waals surface area (Å²) in [5.41, 5.74) is 2.06. The molecule has 208 valence electrons. The average molecular weight is 679 g/mol. The summed E-state index contributed by atoms with van der Waals surface area (Å²) in [7, 11) is -3.81. The van der Waals surface area contributed by atoms with Gasteiger partial charge in [-0.05, 0) is 54.8 Å². The molecule has 0 radical (unpaired) electrons. The highest BCUT2D eigenvalue weighted by atomic mass is 79.9. The minimum Gasteiger partial charge on any atom is -0.352 e. The van der Waals surface area contributed by atoms with Crippen LogP contribution in [-0.2, 0) is 32.6 Å². The normalized spacial score (nSPS) is 12.8. The lowest BCUT2D eigenvalue weighted by Gasteiger charge is -2.34. The van der Waals surface area contributed by atoms with Gasteiger partial charge in [0.25, 0.3) is 0 Å². The van der Waals surface area contributed by atoms with E-state index in [1.807, 2.05) is 68.4 Å². The molecule has 7 nitrogen and oxygen atoms in total. The number of benzene rings is 3. The van der Waals surface area contributed by atoms with Gasteiger partial charge < -0.3 is 10.2 Å². The predicted octanol–water partition coefficient (Wildman–Crippen LogP) is 5.53. The van der Waals surface area contributed by atoms with E-state index in [0.29, 0.717) is 10.2 Å². The molecule has 1 N–H and O–H groups in total. The molecule has 39 heavy (non-hydrogen) atoms. The van der Waals surface area contributed by atoms with E-state index in [-0.39, 0.29) is 24.9 Å². The van der Waals surface area contributed by atoms with Gasteiger partial charge >= 0.3 is 0 Å². The first-order valence-corrected chi connectivity index (χ1v) is 16.0. The van der Waals surface area contributed by atoms with Gasteiger partial charge in [-0.2, -0.15) is 0 Å². The van der Waals surface area contributed by atoms with Crippen LogP contribution >= 0.6 is 31.9 Å². The van der Waals surface area contributed by atoms with Crippen molar-refractivity contribution in [3.8, 4) is 0 Å². The minimum atomic E-state index is -3.81. The molecule has 3 rings (SSSR count). The molecule has 0 saturated carbocycles. The van der Waals surface area contributed by atoms with E-state index in [2.05, 4.69) is 37.2 Å². The lowest BCUT2D eigenvalue weighted by atomic mass is 10.0. The van der Waals surface area contributed by atoms with Crippen LogP contribution in [0.5, 0.6) is 0 Å². The summed E-state index contributed by atoms with van der Waals surface area (Å²) in [5.74, 6) is -0.768. The average Bonchev–Trinajstić information content (AvgIpc) is 2.90. The van der Waals surface area contributed by atoms with Crippen molar-refractivity contribution in [1.82, 2.24) is 10.2 Å². The van der Waals surface area contributed by atoms with E-state index in [4.69, 9.17) is 0 Å². The summed E-state index contributed by atoms with van der Waals surface area (Å²) < 4.78 is 28.3.